The second kappa shape index (κ2) is 6.36. The molecule has 20 heavy (non-hydrogen) atoms. The zero-order chi connectivity index (χ0) is 14.6. The number of benzene rings is 1. The maximum absolute atomic E-state index is 4.59. The Kier molecular flexibility index (Phi) is 4.77. The normalized spacial score (nSPS) is 13.6. The molecule has 1 aromatic heterocycles. The van der Waals surface area contributed by atoms with Gasteiger partial charge in [0.25, 0.3) is 0 Å². The lowest BCUT2D eigenvalue weighted by atomic mass is 9.86. The highest BCUT2D eigenvalue weighted by atomic mass is 14.9. The van der Waals surface area contributed by atoms with Crippen molar-refractivity contribution in [2.45, 2.75) is 46.6 Å². The molecule has 1 atom stereocenters. The standard InChI is InChI=1S/C18H26N2/c1-5-19-16(11-12-18(2,3)4)15-10-6-8-14-9-7-13-20-17(14)15/h6-10,13,16,19H,5,11-12H2,1-4H3. The van der Waals surface area contributed by atoms with Crippen LogP contribution in [-0.4, -0.2) is 11.5 Å². The first-order valence-electron chi connectivity index (χ1n) is 7.58. The average Bonchev–Trinajstić information content (AvgIpc) is 2.42. The molecule has 1 aromatic carbocycles. The summed E-state index contributed by atoms with van der Waals surface area (Å²) in [6.07, 6.45) is 4.24. The van der Waals surface area contributed by atoms with Gasteiger partial charge in [0.1, 0.15) is 0 Å². The van der Waals surface area contributed by atoms with E-state index in [0.29, 0.717) is 11.5 Å². The quantitative estimate of drug-likeness (QED) is 0.851. The molecule has 0 amide bonds. The fourth-order valence-electron chi connectivity index (χ4n) is 2.60. The van der Waals surface area contributed by atoms with Crippen LogP contribution in [0.1, 0.15) is 52.1 Å². The predicted molar refractivity (Wildman–Crippen MR) is 86.8 cm³/mol. The number of pyridine rings is 1. The third-order valence-corrected chi connectivity index (χ3v) is 3.67. The molecule has 1 unspecified atom stereocenters. The largest absolute Gasteiger partial charge is 0.310 e. The summed E-state index contributed by atoms with van der Waals surface area (Å²) in [5, 5.41) is 4.85. The third kappa shape index (κ3) is 3.80. The summed E-state index contributed by atoms with van der Waals surface area (Å²) < 4.78 is 0. The topological polar surface area (TPSA) is 24.9 Å². The van der Waals surface area contributed by atoms with Crippen molar-refractivity contribution in [1.82, 2.24) is 10.3 Å². The number of hydrogen-bond donors (Lipinski definition) is 1. The molecule has 0 radical (unpaired) electrons. The predicted octanol–water partition coefficient (Wildman–Crippen LogP) is 4.71. The van der Waals surface area contributed by atoms with Gasteiger partial charge in [-0.25, -0.2) is 0 Å². The van der Waals surface area contributed by atoms with Gasteiger partial charge in [-0.1, -0.05) is 52.0 Å². The van der Waals surface area contributed by atoms with E-state index in [1.54, 1.807) is 0 Å². The van der Waals surface area contributed by atoms with Crippen molar-refractivity contribution in [3.8, 4) is 0 Å². The molecule has 0 saturated carbocycles. The number of para-hydroxylation sites is 1. The van der Waals surface area contributed by atoms with E-state index in [0.717, 1.165) is 18.5 Å². The first-order valence-corrected chi connectivity index (χ1v) is 7.58. The SMILES string of the molecule is CCNC(CCC(C)(C)C)c1cccc2cccnc12. The zero-order valence-electron chi connectivity index (χ0n) is 13.1. The molecule has 2 nitrogen and oxygen atoms in total. The fourth-order valence-corrected chi connectivity index (χ4v) is 2.60. The molecule has 108 valence electrons. The van der Waals surface area contributed by atoms with Crippen LogP contribution in [0.4, 0.5) is 0 Å². The van der Waals surface area contributed by atoms with Gasteiger partial charge in [-0.2, -0.15) is 0 Å². The van der Waals surface area contributed by atoms with Crippen LogP contribution < -0.4 is 5.32 Å². The fraction of sp³-hybridized carbons (Fsp3) is 0.500. The Hall–Kier alpha value is -1.41. The Labute approximate surface area is 122 Å². The lowest BCUT2D eigenvalue weighted by Gasteiger charge is -2.24. The van der Waals surface area contributed by atoms with Crippen molar-refractivity contribution in [2.75, 3.05) is 6.54 Å². The van der Waals surface area contributed by atoms with Crippen LogP contribution in [-0.2, 0) is 0 Å². The molecular weight excluding hydrogens is 244 g/mol. The third-order valence-electron chi connectivity index (χ3n) is 3.67. The lowest BCUT2D eigenvalue weighted by molar-refractivity contribution is 0.334. The zero-order valence-corrected chi connectivity index (χ0v) is 13.1. The summed E-state index contributed by atoms with van der Waals surface area (Å²) in [4.78, 5) is 4.59. The minimum Gasteiger partial charge on any atom is -0.310 e. The van der Waals surface area contributed by atoms with Crippen molar-refractivity contribution in [1.29, 1.82) is 0 Å². The molecule has 0 spiro atoms. The van der Waals surface area contributed by atoms with Crippen molar-refractivity contribution < 1.29 is 0 Å². The van der Waals surface area contributed by atoms with Crippen molar-refractivity contribution in [2.24, 2.45) is 5.41 Å². The van der Waals surface area contributed by atoms with E-state index < -0.39 is 0 Å². The van der Waals surface area contributed by atoms with Crippen LogP contribution in [0.2, 0.25) is 0 Å². The summed E-state index contributed by atoms with van der Waals surface area (Å²) in [6, 6.07) is 11.0. The van der Waals surface area contributed by atoms with Crippen molar-refractivity contribution in [3.63, 3.8) is 0 Å². The Morgan fingerprint density at radius 1 is 1.15 bits per heavy atom. The number of fused-ring (bicyclic) bond motifs is 1. The van der Waals surface area contributed by atoms with Crippen molar-refractivity contribution in [3.05, 3.63) is 42.1 Å². The Morgan fingerprint density at radius 2 is 1.90 bits per heavy atom. The van der Waals surface area contributed by atoms with E-state index in [1.165, 1.54) is 17.4 Å². The highest BCUT2D eigenvalue weighted by Crippen LogP contribution is 2.30. The molecule has 2 rings (SSSR count). The average molecular weight is 270 g/mol. The second-order valence-corrected chi connectivity index (χ2v) is 6.63. The van der Waals surface area contributed by atoms with Gasteiger partial charge in [0.05, 0.1) is 5.52 Å². The summed E-state index contributed by atoms with van der Waals surface area (Å²) in [6.45, 7) is 10.1. The molecular formula is C18H26N2. The number of nitrogens with zero attached hydrogens (tertiary/aromatic N) is 1. The minimum absolute atomic E-state index is 0.367. The summed E-state index contributed by atoms with van der Waals surface area (Å²) >= 11 is 0. The number of rotatable bonds is 5. The molecule has 0 bridgehead atoms. The maximum Gasteiger partial charge on any atom is 0.0749 e. The first-order chi connectivity index (χ1) is 9.51. The van der Waals surface area contributed by atoms with Crippen molar-refractivity contribution >= 4 is 10.9 Å². The molecule has 0 aliphatic heterocycles. The molecule has 0 aliphatic rings. The highest BCUT2D eigenvalue weighted by Gasteiger charge is 2.18. The van der Waals surface area contributed by atoms with E-state index in [4.69, 9.17) is 0 Å². The van der Waals surface area contributed by atoms with E-state index in [-0.39, 0.29) is 0 Å². The van der Waals surface area contributed by atoms with Crippen LogP contribution in [0.15, 0.2) is 36.5 Å². The van der Waals surface area contributed by atoms with Crippen LogP contribution in [0, 0.1) is 5.41 Å². The highest BCUT2D eigenvalue weighted by molar-refractivity contribution is 5.81. The Bertz CT molecular complexity index is 549. The molecule has 0 aliphatic carbocycles. The van der Waals surface area contributed by atoms with Gasteiger partial charge in [0, 0.05) is 17.6 Å². The lowest BCUT2D eigenvalue weighted by Crippen LogP contribution is -2.23. The van der Waals surface area contributed by atoms with E-state index in [2.05, 4.69) is 62.3 Å². The smallest absolute Gasteiger partial charge is 0.0749 e. The van der Waals surface area contributed by atoms with Gasteiger partial charge in [0.2, 0.25) is 0 Å². The molecule has 1 N–H and O–H groups in total. The molecule has 0 fully saturated rings. The van der Waals surface area contributed by atoms with Crippen LogP contribution in [0.3, 0.4) is 0 Å². The Balaban J connectivity index is 2.31. The van der Waals surface area contributed by atoms with Gasteiger partial charge in [-0.05, 0) is 36.4 Å². The van der Waals surface area contributed by atoms with Crippen LogP contribution >= 0.6 is 0 Å². The molecule has 1 heterocycles. The molecule has 2 aromatic rings. The number of nitrogens with one attached hydrogen (secondary N) is 1. The first kappa shape index (κ1) is 15.0. The number of hydrogen-bond acceptors (Lipinski definition) is 2. The summed E-state index contributed by atoms with van der Waals surface area (Å²) in [5.41, 5.74) is 2.83. The van der Waals surface area contributed by atoms with Gasteiger partial charge >= 0.3 is 0 Å². The molecule has 0 saturated heterocycles. The van der Waals surface area contributed by atoms with Gasteiger partial charge in [0.15, 0.2) is 0 Å². The maximum atomic E-state index is 4.59. The van der Waals surface area contributed by atoms with Crippen LogP contribution in [0.25, 0.3) is 10.9 Å². The Morgan fingerprint density at radius 3 is 2.60 bits per heavy atom. The monoisotopic (exact) mass is 270 g/mol. The van der Waals surface area contributed by atoms with E-state index in [9.17, 15) is 0 Å². The number of aromatic nitrogens is 1. The van der Waals surface area contributed by atoms with Gasteiger partial charge < -0.3 is 5.32 Å². The minimum atomic E-state index is 0.367. The molecule has 2 heteroatoms. The van der Waals surface area contributed by atoms with Crippen LogP contribution in [0.5, 0.6) is 0 Å². The van der Waals surface area contributed by atoms with E-state index in [1.807, 2.05) is 12.3 Å². The van der Waals surface area contributed by atoms with Gasteiger partial charge in [-0.15, -0.1) is 0 Å². The van der Waals surface area contributed by atoms with Gasteiger partial charge in [-0.3, -0.25) is 4.98 Å². The van der Waals surface area contributed by atoms with E-state index >= 15 is 0 Å². The summed E-state index contributed by atoms with van der Waals surface area (Å²) in [7, 11) is 0. The second-order valence-electron chi connectivity index (χ2n) is 6.63. The summed E-state index contributed by atoms with van der Waals surface area (Å²) in [5.74, 6) is 0.